The van der Waals surface area contributed by atoms with Gasteiger partial charge < -0.3 is 22.0 Å². The molecule has 0 radical (unpaired) electrons. The van der Waals surface area contributed by atoms with Gasteiger partial charge in [-0.15, -0.1) is 34.0 Å². The summed E-state index contributed by atoms with van der Waals surface area (Å²) in [7, 11) is 0. The van der Waals surface area contributed by atoms with Gasteiger partial charge in [-0.2, -0.15) is 0 Å². The summed E-state index contributed by atoms with van der Waals surface area (Å²) in [5, 5.41) is 13.4. The van der Waals surface area contributed by atoms with Crippen LogP contribution in [0.1, 0.15) is 0 Å². The quantitative estimate of drug-likeness (QED) is 0.388. The third-order valence-electron chi connectivity index (χ3n) is 3.21. The van der Waals surface area contributed by atoms with Crippen molar-refractivity contribution in [3.05, 3.63) is 42.5 Å². The second-order valence-electron chi connectivity index (χ2n) is 4.61. The zero-order valence-electron chi connectivity index (χ0n) is 12.9. The van der Waals surface area contributed by atoms with Crippen LogP contribution in [0, 0.1) is 87.3 Å². The van der Waals surface area contributed by atoms with Crippen LogP contribution in [0.2, 0.25) is 0 Å². The van der Waals surface area contributed by atoms with Crippen LogP contribution < -0.4 is 9.47 Å². The number of fused-ring (bicyclic) bond motifs is 1. The van der Waals surface area contributed by atoms with E-state index in [1.165, 1.54) is 9.75 Å². The number of thiophene rings is 3. The minimum Gasteiger partial charge on any atom is -0.484 e. The molecule has 0 fully saturated rings. The van der Waals surface area contributed by atoms with Gasteiger partial charge in [-0.3, -0.25) is 0 Å². The van der Waals surface area contributed by atoms with Crippen LogP contribution in [-0.2, 0) is 0 Å². The molecule has 1 aliphatic rings. The van der Waals surface area contributed by atoms with Crippen molar-refractivity contribution >= 4 is 34.0 Å². The summed E-state index contributed by atoms with van der Waals surface area (Å²) in [6.07, 6.45) is -0.290. The summed E-state index contributed by atoms with van der Waals surface area (Å²) in [5.41, 5.74) is 0. The predicted molar refractivity (Wildman–Crippen MR) is 94.4 cm³/mol. The molecule has 0 bridgehead atoms. The number of rotatable bonds is 3. The molecule has 124 valence electrons. The van der Waals surface area contributed by atoms with E-state index in [0.717, 1.165) is 21.3 Å². The minimum absolute atomic E-state index is 0. The molecule has 4 heterocycles. The molecule has 1 unspecified atom stereocenters. The maximum absolute atomic E-state index is 9.33. The second-order valence-corrected chi connectivity index (χ2v) is 7.52. The third-order valence-corrected chi connectivity index (χ3v) is 6.47. The smallest absolute Gasteiger partial charge is 0.182 e. The number of ether oxygens (including phenoxy) is 2. The van der Waals surface area contributed by atoms with Gasteiger partial charge in [0.1, 0.15) is 6.61 Å². The van der Waals surface area contributed by atoms with Gasteiger partial charge in [-0.05, 0) is 22.9 Å². The SMILES string of the molecule is OCC1COc2c(-c3cccs3)sc(-c3cccs3)c2O1.[CH3-].[Th].[Th]. The number of aliphatic hydroxyl groups is 1. The molecule has 0 aromatic carbocycles. The Kier molecular flexibility index (Phi) is 10.3. The van der Waals surface area contributed by atoms with Crippen molar-refractivity contribution in [2.75, 3.05) is 13.2 Å². The monoisotopic (exact) mass is 815 g/mol. The Morgan fingerprint density at radius 2 is 1.58 bits per heavy atom. The first-order valence-electron chi connectivity index (χ1n) is 6.51. The normalized spacial score (nSPS) is 15.0. The second kappa shape index (κ2) is 10.6. The fourth-order valence-electron chi connectivity index (χ4n) is 2.25. The van der Waals surface area contributed by atoms with Gasteiger partial charge in [-0.1, -0.05) is 12.1 Å². The topological polar surface area (TPSA) is 38.7 Å². The molecule has 3 nitrogen and oxygen atoms in total. The number of hydrogen-bond acceptors (Lipinski definition) is 6. The van der Waals surface area contributed by atoms with Crippen molar-refractivity contribution < 1.29 is 94.5 Å². The van der Waals surface area contributed by atoms with E-state index in [-0.39, 0.29) is 100 Å². The molecular formula is C16H15O3S3Th2-. The average molecular weight is 816 g/mol. The number of hydrogen-bond donors (Lipinski definition) is 1. The zero-order valence-corrected chi connectivity index (χ0v) is 23.6. The molecule has 3 aromatic rings. The van der Waals surface area contributed by atoms with Crippen LogP contribution in [-0.4, -0.2) is 24.4 Å². The molecule has 1 aliphatic heterocycles. The molecule has 3 aromatic heterocycles. The molecule has 8 heteroatoms. The molecule has 0 aliphatic carbocycles. The van der Waals surface area contributed by atoms with Crippen molar-refractivity contribution in [3.8, 4) is 31.0 Å². The largest absolute Gasteiger partial charge is 0.484 e. The van der Waals surface area contributed by atoms with Gasteiger partial charge in [0.05, 0.1) is 16.4 Å². The summed E-state index contributed by atoms with van der Waals surface area (Å²) in [6.45, 7) is 0.357. The van der Waals surface area contributed by atoms with Crippen LogP contribution in [0.15, 0.2) is 35.0 Å². The van der Waals surface area contributed by atoms with Crippen LogP contribution in [0.25, 0.3) is 19.5 Å². The van der Waals surface area contributed by atoms with E-state index in [0.29, 0.717) is 6.61 Å². The standard InChI is InChI=1S/C15H12O3S3.CH3.2Th/c16-7-9-8-17-12-13(18-9)15(11-4-2-6-20-11)21-14(12)10-3-1-5-19-10;;;/h1-6,9,16H,7-8H2;1H3;;/q;-1;;. The summed E-state index contributed by atoms with van der Waals surface area (Å²) in [5.74, 6) is 1.59. The van der Waals surface area contributed by atoms with Gasteiger partial charge in [-0.25, -0.2) is 0 Å². The van der Waals surface area contributed by atoms with Crippen LogP contribution >= 0.6 is 34.0 Å². The average Bonchev–Trinajstić information content (AvgIpc) is 3.25. The van der Waals surface area contributed by atoms with E-state index in [4.69, 9.17) is 9.47 Å². The molecule has 24 heavy (non-hydrogen) atoms. The van der Waals surface area contributed by atoms with Crippen LogP contribution in [0.4, 0.5) is 0 Å². The van der Waals surface area contributed by atoms with Gasteiger partial charge in [0.2, 0.25) is 0 Å². The maximum atomic E-state index is 9.33. The first-order chi connectivity index (χ1) is 10.4. The molecule has 0 amide bonds. The Morgan fingerprint density at radius 1 is 1.00 bits per heavy atom. The summed E-state index contributed by atoms with van der Waals surface area (Å²) in [6, 6.07) is 8.25. The van der Waals surface area contributed by atoms with Gasteiger partial charge in [0.25, 0.3) is 0 Å². The Balaban J connectivity index is 0.000000960. The van der Waals surface area contributed by atoms with E-state index in [2.05, 4.69) is 22.9 Å². The fraction of sp³-hybridized carbons (Fsp3) is 0.188. The third kappa shape index (κ3) is 4.58. The summed E-state index contributed by atoms with van der Waals surface area (Å²) < 4.78 is 11.9. The first-order valence-corrected chi connectivity index (χ1v) is 9.09. The van der Waals surface area contributed by atoms with E-state index < -0.39 is 0 Å². The summed E-state index contributed by atoms with van der Waals surface area (Å²) in [4.78, 5) is 4.55. The zero-order chi connectivity index (χ0) is 14.2. The van der Waals surface area contributed by atoms with E-state index in [1.54, 1.807) is 34.0 Å². The van der Waals surface area contributed by atoms with Crippen molar-refractivity contribution in [1.29, 1.82) is 0 Å². The van der Waals surface area contributed by atoms with E-state index in [9.17, 15) is 5.11 Å². The van der Waals surface area contributed by atoms with Crippen molar-refractivity contribution in [3.63, 3.8) is 0 Å². The molecule has 1 atom stereocenters. The first kappa shape index (κ1) is 23.3. The molecular weight excluding hydrogens is 800 g/mol. The Morgan fingerprint density at radius 3 is 2.08 bits per heavy atom. The van der Waals surface area contributed by atoms with Gasteiger partial charge in [0, 0.05) is 89.6 Å². The predicted octanol–water partition coefficient (Wildman–Crippen LogP) is 4.79. The molecule has 0 spiro atoms. The molecule has 1 N–H and O–H groups in total. The van der Waals surface area contributed by atoms with Crippen molar-refractivity contribution in [2.24, 2.45) is 0 Å². The van der Waals surface area contributed by atoms with E-state index >= 15 is 0 Å². The van der Waals surface area contributed by atoms with E-state index in [1.807, 2.05) is 12.1 Å². The minimum atomic E-state index is -0.290. The summed E-state index contributed by atoms with van der Waals surface area (Å²) >= 11 is 5.07. The van der Waals surface area contributed by atoms with Crippen molar-refractivity contribution in [2.45, 2.75) is 6.10 Å². The molecule has 4 rings (SSSR count). The maximum Gasteiger partial charge on any atom is 0.182 e. The van der Waals surface area contributed by atoms with Crippen LogP contribution in [0.5, 0.6) is 11.5 Å². The van der Waals surface area contributed by atoms with Crippen LogP contribution in [0.3, 0.4) is 0 Å². The molecule has 0 saturated heterocycles. The Bertz CT molecular complexity index is 739. The molecule has 0 saturated carbocycles. The Hall–Kier alpha value is 1.31. The van der Waals surface area contributed by atoms with Gasteiger partial charge >= 0.3 is 0 Å². The fourth-order valence-corrected chi connectivity index (χ4v) is 5.13. The van der Waals surface area contributed by atoms with Crippen molar-refractivity contribution in [1.82, 2.24) is 0 Å². The Labute approximate surface area is 217 Å². The van der Waals surface area contributed by atoms with Gasteiger partial charge in [0.15, 0.2) is 17.6 Å². The number of aliphatic hydroxyl groups excluding tert-OH is 1.